The predicted molar refractivity (Wildman–Crippen MR) is 134 cm³/mol. The number of rotatable bonds is 9. The normalized spacial score (nSPS) is 11.6. The Morgan fingerprint density at radius 1 is 1.06 bits per heavy atom. The van der Waals surface area contributed by atoms with Gasteiger partial charge in [-0.05, 0) is 54.1 Å². The number of methoxy groups -OCH3 is 1. The van der Waals surface area contributed by atoms with Crippen LogP contribution in [0.15, 0.2) is 76.7 Å². The Morgan fingerprint density at radius 2 is 1.72 bits per heavy atom. The van der Waals surface area contributed by atoms with Crippen molar-refractivity contribution in [3.8, 4) is 0 Å². The van der Waals surface area contributed by atoms with Crippen LogP contribution in [0.3, 0.4) is 0 Å². The van der Waals surface area contributed by atoms with Crippen LogP contribution in [0.5, 0.6) is 0 Å². The monoisotopic (exact) mass is 551 g/mol. The molecule has 0 radical (unpaired) electrons. The first kappa shape index (κ1) is 27.3. The Morgan fingerprint density at radius 3 is 2.33 bits per heavy atom. The molecule has 0 aromatic heterocycles. The van der Waals surface area contributed by atoms with E-state index in [0.717, 1.165) is 10.4 Å². The highest BCUT2D eigenvalue weighted by Gasteiger charge is 2.28. The molecule has 1 amide bonds. The van der Waals surface area contributed by atoms with Gasteiger partial charge in [-0.1, -0.05) is 41.4 Å². The van der Waals surface area contributed by atoms with Gasteiger partial charge in [-0.25, -0.2) is 23.0 Å². The van der Waals surface area contributed by atoms with E-state index >= 15 is 0 Å². The number of carbonyl (C=O) groups excluding carboxylic acids is 2. The number of halogens is 3. The molecule has 0 aliphatic heterocycles. The van der Waals surface area contributed by atoms with E-state index in [1.54, 1.807) is 12.1 Å². The number of hydrazone groups is 1. The summed E-state index contributed by atoms with van der Waals surface area (Å²) in [5.41, 5.74) is 3.06. The second kappa shape index (κ2) is 12.1. The van der Waals surface area contributed by atoms with Crippen molar-refractivity contribution in [2.45, 2.75) is 11.4 Å². The Bertz CT molecular complexity index is 1360. The van der Waals surface area contributed by atoms with Crippen LogP contribution >= 0.6 is 23.2 Å². The van der Waals surface area contributed by atoms with Gasteiger partial charge in [0.2, 0.25) is 10.0 Å². The number of amides is 1. The molecular formula is C24H20Cl2FN3O5S. The maximum atomic E-state index is 14.4. The topological polar surface area (TPSA) is 105 Å². The molecule has 0 heterocycles. The molecule has 3 rings (SSSR count). The molecule has 0 spiro atoms. The molecule has 1 N–H and O–H groups in total. The third-order valence-corrected chi connectivity index (χ3v) is 7.31. The molecule has 0 unspecified atom stereocenters. The van der Waals surface area contributed by atoms with E-state index < -0.39 is 40.8 Å². The first-order chi connectivity index (χ1) is 17.1. The lowest BCUT2D eigenvalue weighted by molar-refractivity contribution is -0.121. The lowest BCUT2D eigenvalue weighted by Gasteiger charge is -2.22. The first-order valence-electron chi connectivity index (χ1n) is 10.3. The van der Waals surface area contributed by atoms with Crippen LogP contribution in [0.1, 0.15) is 21.5 Å². The minimum absolute atomic E-state index is 0.0140. The summed E-state index contributed by atoms with van der Waals surface area (Å²) < 4.78 is 46.4. The lowest BCUT2D eigenvalue weighted by Crippen LogP contribution is -2.39. The van der Waals surface area contributed by atoms with Crippen LogP contribution in [0, 0.1) is 5.82 Å². The molecule has 0 saturated heterocycles. The van der Waals surface area contributed by atoms with Gasteiger partial charge in [-0.2, -0.15) is 9.41 Å². The molecule has 0 fully saturated rings. The molecular weight excluding hydrogens is 532 g/mol. The third kappa shape index (κ3) is 6.88. The van der Waals surface area contributed by atoms with E-state index in [2.05, 4.69) is 15.3 Å². The van der Waals surface area contributed by atoms with Crippen LogP contribution < -0.4 is 5.43 Å². The number of ether oxygens (including phenoxy) is 1. The van der Waals surface area contributed by atoms with Gasteiger partial charge >= 0.3 is 5.97 Å². The summed E-state index contributed by atoms with van der Waals surface area (Å²) in [6.07, 6.45) is 1.31. The SMILES string of the molecule is COC(=O)c1ccc(/C=N\NC(=O)CN(Cc2c(F)cccc2Cl)S(=O)(=O)c2ccc(Cl)cc2)cc1. The Balaban J connectivity index is 1.79. The van der Waals surface area contributed by atoms with Gasteiger partial charge in [0, 0.05) is 22.2 Å². The number of carbonyl (C=O) groups is 2. The highest BCUT2D eigenvalue weighted by Crippen LogP contribution is 2.25. The summed E-state index contributed by atoms with van der Waals surface area (Å²) in [5, 5.41) is 4.16. The fraction of sp³-hybridized carbons (Fsp3) is 0.125. The van der Waals surface area contributed by atoms with Crippen molar-refractivity contribution in [2.75, 3.05) is 13.7 Å². The lowest BCUT2D eigenvalue weighted by atomic mass is 10.1. The van der Waals surface area contributed by atoms with Crippen molar-refractivity contribution in [1.82, 2.24) is 9.73 Å². The maximum absolute atomic E-state index is 14.4. The van der Waals surface area contributed by atoms with Crippen LogP contribution in [0.4, 0.5) is 4.39 Å². The molecule has 0 bridgehead atoms. The van der Waals surface area contributed by atoms with E-state index in [1.165, 1.54) is 61.9 Å². The molecule has 0 aliphatic carbocycles. The van der Waals surface area contributed by atoms with Crippen molar-refractivity contribution >= 4 is 51.3 Å². The molecule has 0 atom stereocenters. The summed E-state index contributed by atoms with van der Waals surface area (Å²) >= 11 is 11.9. The maximum Gasteiger partial charge on any atom is 0.337 e. The molecule has 188 valence electrons. The van der Waals surface area contributed by atoms with Gasteiger partial charge in [0.25, 0.3) is 5.91 Å². The highest BCUT2D eigenvalue weighted by atomic mass is 35.5. The largest absolute Gasteiger partial charge is 0.465 e. The van der Waals surface area contributed by atoms with E-state index in [0.29, 0.717) is 16.1 Å². The molecule has 0 aliphatic rings. The number of nitrogens with zero attached hydrogens (tertiary/aromatic N) is 2. The summed E-state index contributed by atoms with van der Waals surface area (Å²) in [4.78, 5) is 23.9. The minimum atomic E-state index is -4.24. The van der Waals surface area contributed by atoms with Gasteiger partial charge < -0.3 is 4.74 Å². The quantitative estimate of drug-likeness (QED) is 0.243. The Hall–Kier alpha value is -3.31. The highest BCUT2D eigenvalue weighted by molar-refractivity contribution is 7.89. The van der Waals surface area contributed by atoms with E-state index in [-0.39, 0.29) is 15.5 Å². The molecule has 3 aromatic carbocycles. The number of sulfonamides is 1. The number of benzene rings is 3. The van der Waals surface area contributed by atoms with Gasteiger partial charge in [-0.15, -0.1) is 0 Å². The van der Waals surface area contributed by atoms with Gasteiger partial charge in [0.1, 0.15) is 5.82 Å². The van der Waals surface area contributed by atoms with E-state index in [1.807, 2.05) is 0 Å². The number of hydrogen-bond donors (Lipinski definition) is 1. The Kier molecular flexibility index (Phi) is 9.16. The minimum Gasteiger partial charge on any atom is -0.465 e. The standard InChI is InChI=1S/C24H20Cl2FN3O5S/c1-35-24(32)17-7-5-16(6-8-17)13-28-29-23(31)15-30(14-20-21(26)3-2-4-22(20)27)36(33,34)19-11-9-18(25)10-12-19/h2-13H,14-15H2,1H3,(H,29,31)/b28-13-. The van der Waals surface area contributed by atoms with Gasteiger partial charge in [-0.3, -0.25) is 4.79 Å². The summed E-state index contributed by atoms with van der Waals surface area (Å²) in [7, 11) is -2.98. The zero-order valence-corrected chi connectivity index (χ0v) is 21.1. The fourth-order valence-electron chi connectivity index (χ4n) is 3.04. The van der Waals surface area contributed by atoms with Gasteiger partial charge in [0.15, 0.2) is 0 Å². The fourth-order valence-corrected chi connectivity index (χ4v) is 4.75. The molecule has 12 heteroatoms. The molecule has 3 aromatic rings. The molecule has 0 saturated carbocycles. The first-order valence-corrected chi connectivity index (χ1v) is 12.5. The van der Waals surface area contributed by atoms with Crippen molar-refractivity contribution < 1.29 is 27.1 Å². The number of hydrogen-bond acceptors (Lipinski definition) is 6. The summed E-state index contributed by atoms with van der Waals surface area (Å²) in [6.45, 7) is -1.17. The van der Waals surface area contributed by atoms with E-state index in [9.17, 15) is 22.4 Å². The average Bonchev–Trinajstić information content (AvgIpc) is 2.85. The van der Waals surface area contributed by atoms with Crippen LogP contribution in [-0.4, -0.2) is 44.5 Å². The van der Waals surface area contributed by atoms with Crippen molar-refractivity contribution in [3.63, 3.8) is 0 Å². The van der Waals surface area contributed by atoms with Crippen molar-refractivity contribution in [1.29, 1.82) is 0 Å². The van der Waals surface area contributed by atoms with Gasteiger partial charge in [0.05, 0.1) is 30.3 Å². The van der Waals surface area contributed by atoms with Crippen LogP contribution in [0.2, 0.25) is 10.0 Å². The smallest absolute Gasteiger partial charge is 0.337 e. The summed E-state index contributed by atoms with van der Waals surface area (Å²) in [6, 6.07) is 15.5. The van der Waals surface area contributed by atoms with Crippen LogP contribution in [0.25, 0.3) is 0 Å². The second-order valence-electron chi connectivity index (χ2n) is 7.33. The molecule has 36 heavy (non-hydrogen) atoms. The second-order valence-corrected chi connectivity index (χ2v) is 10.1. The summed E-state index contributed by atoms with van der Waals surface area (Å²) in [5.74, 6) is -1.99. The zero-order chi connectivity index (χ0) is 26.3. The number of nitrogens with one attached hydrogen (secondary N) is 1. The zero-order valence-electron chi connectivity index (χ0n) is 18.8. The third-order valence-electron chi connectivity index (χ3n) is 4.90. The van der Waals surface area contributed by atoms with E-state index in [4.69, 9.17) is 23.2 Å². The average molecular weight is 552 g/mol. The van der Waals surface area contributed by atoms with Crippen molar-refractivity contribution in [3.05, 3.63) is 99.3 Å². The predicted octanol–water partition coefficient (Wildman–Crippen LogP) is 4.26. The molecule has 8 nitrogen and oxygen atoms in total. The number of esters is 1. The van der Waals surface area contributed by atoms with Crippen LogP contribution in [-0.2, 0) is 26.1 Å². The Labute approximate surface area is 217 Å². The van der Waals surface area contributed by atoms with Crippen molar-refractivity contribution in [2.24, 2.45) is 5.10 Å².